The van der Waals surface area contributed by atoms with Crippen molar-refractivity contribution in [3.8, 4) is 0 Å². The Bertz CT molecular complexity index is 191. The van der Waals surface area contributed by atoms with Crippen LogP contribution in [0.5, 0.6) is 0 Å². The van der Waals surface area contributed by atoms with Gasteiger partial charge in [0.25, 0.3) is 0 Å². The molecule has 0 saturated heterocycles. The Morgan fingerprint density at radius 1 is 1.12 bits per heavy atom. The van der Waals surface area contributed by atoms with E-state index in [1.807, 2.05) is 7.05 Å². The van der Waals surface area contributed by atoms with Crippen LogP contribution < -0.4 is 10.6 Å². The largest absolute Gasteiger partial charge is 0.383 e. The monoisotopic (exact) mass is 247 g/mol. The van der Waals surface area contributed by atoms with Crippen molar-refractivity contribution < 1.29 is 14.3 Å². The van der Waals surface area contributed by atoms with E-state index in [1.165, 1.54) is 0 Å². The number of carbonyl (C=O) groups excluding carboxylic acids is 1. The predicted octanol–water partition coefficient (Wildman–Crippen LogP) is -1.08. The molecule has 0 unspecified atom stereocenters. The second kappa shape index (κ2) is 11.8. The van der Waals surface area contributed by atoms with Crippen LogP contribution in [0.2, 0.25) is 0 Å². The molecule has 0 saturated carbocycles. The van der Waals surface area contributed by atoms with Gasteiger partial charge in [0.05, 0.1) is 19.8 Å². The molecule has 0 rings (SSSR count). The molecule has 6 heteroatoms. The van der Waals surface area contributed by atoms with Gasteiger partial charge in [-0.05, 0) is 7.05 Å². The lowest BCUT2D eigenvalue weighted by atomic mass is 10.5. The van der Waals surface area contributed by atoms with Crippen molar-refractivity contribution in [2.75, 3.05) is 67.2 Å². The Kier molecular flexibility index (Phi) is 11.3. The van der Waals surface area contributed by atoms with Gasteiger partial charge in [0.2, 0.25) is 5.91 Å². The minimum atomic E-state index is 0.0150. The molecule has 0 aromatic rings. The van der Waals surface area contributed by atoms with Crippen LogP contribution in [0.1, 0.15) is 0 Å². The molecule has 17 heavy (non-hydrogen) atoms. The van der Waals surface area contributed by atoms with Gasteiger partial charge in [0.15, 0.2) is 0 Å². The molecule has 2 N–H and O–H groups in total. The van der Waals surface area contributed by atoms with E-state index < -0.39 is 0 Å². The molecule has 0 aliphatic rings. The first kappa shape index (κ1) is 16.3. The predicted molar refractivity (Wildman–Crippen MR) is 67.1 cm³/mol. The van der Waals surface area contributed by atoms with Crippen LogP contribution in [0.3, 0.4) is 0 Å². The molecule has 0 aromatic heterocycles. The van der Waals surface area contributed by atoms with Gasteiger partial charge < -0.3 is 25.0 Å². The lowest BCUT2D eigenvalue weighted by Gasteiger charge is -2.16. The summed E-state index contributed by atoms with van der Waals surface area (Å²) in [6, 6.07) is 0. The molecular weight excluding hydrogens is 222 g/mol. The van der Waals surface area contributed by atoms with Crippen molar-refractivity contribution in [1.29, 1.82) is 0 Å². The SMILES string of the molecule is COCCNCC(=O)NCCN(C)CCOC. The molecule has 0 atom stereocenters. The van der Waals surface area contributed by atoms with E-state index in [9.17, 15) is 4.79 Å². The Morgan fingerprint density at radius 2 is 1.82 bits per heavy atom. The van der Waals surface area contributed by atoms with E-state index in [1.54, 1.807) is 14.2 Å². The van der Waals surface area contributed by atoms with Gasteiger partial charge in [0, 0.05) is 40.4 Å². The van der Waals surface area contributed by atoms with Crippen LogP contribution in [-0.4, -0.2) is 78.0 Å². The first-order valence-electron chi connectivity index (χ1n) is 5.84. The maximum absolute atomic E-state index is 11.3. The van der Waals surface area contributed by atoms with E-state index in [2.05, 4.69) is 15.5 Å². The number of methoxy groups -OCH3 is 2. The molecule has 0 heterocycles. The molecule has 0 fully saturated rings. The zero-order valence-electron chi connectivity index (χ0n) is 11.1. The van der Waals surface area contributed by atoms with Gasteiger partial charge in [-0.1, -0.05) is 0 Å². The number of nitrogens with one attached hydrogen (secondary N) is 2. The zero-order chi connectivity index (χ0) is 12.9. The van der Waals surface area contributed by atoms with Crippen LogP contribution in [0.4, 0.5) is 0 Å². The molecular formula is C11H25N3O3. The standard InChI is InChI=1S/C11H25N3O3/c1-14(7-9-17-3)6-4-13-11(15)10-12-5-8-16-2/h12H,4-10H2,1-3H3,(H,13,15). The van der Waals surface area contributed by atoms with E-state index in [0.29, 0.717) is 32.8 Å². The number of rotatable bonds is 11. The summed E-state index contributed by atoms with van der Waals surface area (Å²) in [6.45, 7) is 4.72. The maximum atomic E-state index is 11.3. The van der Waals surface area contributed by atoms with E-state index in [4.69, 9.17) is 9.47 Å². The Morgan fingerprint density at radius 3 is 2.47 bits per heavy atom. The van der Waals surface area contributed by atoms with Gasteiger partial charge >= 0.3 is 0 Å². The number of nitrogens with zero attached hydrogens (tertiary/aromatic N) is 1. The lowest BCUT2D eigenvalue weighted by molar-refractivity contribution is -0.120. The van der Waals surface area contributed by atoms with Crippen molar-refractivity contribution >= 4 is 5.91 Å². The number of ether oxygens (including phenoxy) is 2. The Balaban J connectivity index is 3.31. The van der Waals surface area contributed by atoms with Gasteiger partial charge in [0.1, 0.15) is 0 Å². The summed E-state index contributed by atoms with van der Waals surface area (Å²) in [4.78, 5) is 13.5. The minimum absolute atomic E-state index is 0.0150. The topological polar surface area (TPSA) is 62.8 Å². The van der Waals surface area contributed by atoms with E-state index in [0.717, 1.165) is 13.1 Å². The van der Waals surface area contributed by atoms with Crippen LogP contribution in [0.15, 0.2) is 0 Å². The average Bonchev–Trinajstić information content (AvgIpc) is 2.32. The first-order chi connectivity index (χ1) is 8.20. The van der Waals surface area contributed by atoms with Gasteiger partial charge in [-0.25, -0.2) is 0 Å². The molecule has 1 amide bonds. The Labute approximate surface area is 104 Å². The molecule has 0 spiro atoms. The average molecular weight is 247 g/mol. The fourth-order valence-electron chi connectivity index (χ4n) is 1.18. The van der Waals surface area contributed by atoms with Gasteiger partial charge in [-0.15, -0.1) is 0 Å². The third-order valence-corrected chi connectivity index (χ3v) is 2.26. The van der Waals surface area contributed by atoms with Crippen LogP contribution in [0, 0.1) is 0 Å². The lowest BCUT2D eigenvalue weighted by Crippen LogP contribution is -2.39. The smallest absolute Gasteiger partial charge is 0.234 e. The quantitative estimate of drug-likeness (QED) is 0.455. The fraction of sp³-hybridized carbons (Fsp3) is 0.909. The molecule has 0 aliphatic heterocycles. The Hall–Kier alpha value is -0.690. The summed E-state index contributed by atoms with van der Waals surface area (Å²) in [5, 5.41) is 5.83. The van der Waals surface area contributed by atoms with Crippen LogP contribution >= 0.6 is 0 Å². The highest BCUT2D eigenvalue weighted by atomic mass is 16.5. The highest BCUT2D eigenvalue weighted by Gasteiger charge is 2.01. The summed E-state index contributed by atoms with van der Waals surface area (Å²) >= 11 is 0. The van der Waals surface area contributed by atoms with Crippen molar-refractivity contribution in [1.82, 2.24) is 15.5 Å². The highest BCUT2D eigenvalue weighted by Crippen LogP contribution is 1.80. The molecule has 0 bridgehead atoms. The molecule has 6 nitrogen and oxygen atoms in total. The first-order valence-corrected chi connectivity index (χ1v) is 5.84. The second-order valence-corrected chi connectivity index (χ2v) is 3.82. The van der Waals surface area contributed by atoms with Crippen molar-refractivity contribution in [2.24, 2.45) is 0 Å². The normalized spacial score (nSPS) is 10.8. The van der Waals surface area contributed by atoms with Crippen LogP contribution in [-0.2, 0) is 14.3 Å². The maximum Gasteiger partial charge on any atom is 0.234 e. The zero-order valence-corrected chi connectivity index (χ0v) is 11.1. The third kappa shape index (κ3) is 11.6. The summed E-state index contributed by atoms with van der Waals surface area (Å²) in [5.41, 5.74) is 0. The van der Waals surface area contributed by atoms with Crippen molar-refractivity contribution in [3.63, 3.8) is 0 Å². The fourth-order valence-corrected chi connectivity index (χ4v) is 1.18. The van der Waals surface area contributed by atoms with E-state index in [-0.39, 0.29) is 5.91 Å². The second-order valence-electron chi connectivity index (χ2n) is 3.82. The number of hydrogen-bond acceptors (Lipinski definition) is 5. The number of hydrogen-bond donors (Lipinski definition) is 2. The molecule has 0 radical (unpaired) electrons. The summed E-state index contributed by atoms with van der Waals surface area (Å²) < 4.78 is 9.83. The van der Waals surface area contributed by atoms with E-state index >= 15 is 0 Å². The van der Waals surface area contributed by atoms with Crippen molar-refractivity contribution in [2.45, 2.75) is 0 Å². The molecule has 102 valence electrons. The summed E-state index contributed by atoms with van der Waals surface area (Å²) in [7, 11) is 5.32. The van der Waals surface area contributed by atoms with Gasteiger partial charge in [-0.3, -0.25) is 4.79 Å². The third-order valence-electron chi connectivity index (χ3n) is 2.26. The van der Waals surface area contributed by atoms with Crippen LogP contribution in [0.25, 0.3) is 0 Å². The highest BCUT2D eigenvalue weighted by molar-refractivity contribution is 5.77. The summed E-state index contributed by atoms with van der Waals surface area (Å²) in [6.07, 6.45) is 0. The molecule has 0 aliphatic carbocycles. The number of likely N-dealkylation sites (N-methyl/N-ethyl adjacent to an activating group) is 1. The van der Waals surface area contributed by atoms with Crippen molar-refractivity contribution in [3.05, 3.63) is 0 Å². The number of amides is 1. The number of carbonyl (C=O) groups is 1. The minimum Gasteiger partial charge on any atom is -0.383 e. The summed E-state index contributed by atoms with van der Waals surface area (Å²) in [5.74, 6) is 0.0150. The van der Waals surface area contributed by atoms with Gasteiger partial charge in [-0.2, -0.15) is 0 Å². The molecule has 0 aromatic carbocycles.